The molecule has 234 valence electrons. The molecule has 0 spiro atoms. The van der Waals surface area contributed by atoms with Crippen LogP contribution >= 0.6 is 22.6 Å². The van der Waals surface area contributed by atoms with Gasteiger partial charge in [-0.25, -0.2) is 4.39 Å². The number of methoxy groups -OCH3 is 1. The first-order valence-electron chi connectivity index (χ1n) is 14.5. The lowest BCUT2D eigenvalue weighted by molar-refractivity contribution is -0.139. The van der Waals surface area contributed by atoms with Gasteiger partial charge in [-0.3, -0.25) is 14.4 Å². The highest BCUT2D eigenvalue weighted by Gasteiger charge is 2.41. The summed E-state index contributed by atoms with van der Waals surface area (Å²) in [5, 5.41) is 23.6. The molecule has 0 saturated carbocycles. The van der Waals surface area contributed by atoms with E-state index in [1.165, 1.54) is 30.2 Å². The number of carbonyl (C=O) groups excluding carboxylic acids is 3. The van der Waals surface area contributed by atoms with Gasteiger partial charge in [0.1, 0.15) is 24.3 Å². The van der Waals surface area contributed by atoms with Gasteiger partial charge in [0.25, 0.3) is 0 Å². The van der Waals surface area contributed by atoms with Crippen molar-refractivity contribution in [3.8, 4) is 11.5 Å². The average Bonchev–Trinajstić information content (AvgIpc) is 3.01. The van der Waals surface area contributed by atoms with Gasteiger partial charge in [0.2, 0.25) is 11.8 Å². The number of unbranched alkanes of at least 4 members (excludes halogenated alkanes) is 4. The predicted molar refractivity (Wildman–Crippen MR) is 168 cm³/mol. The van der Waals surface area contributed by atoms with Crippen molar-refractivity contribution < 1.29 is 38.5 Å². The van der Waals surface area contributed by atoms with Crippen LogP contribution in [0.4, 0.5) is 4.39 Å². The Bertz CT molecular complexity index is 1290. The van der Waals surface area contributed by atoms with Gasteiger partial charge in [0.05, 0.1) is 23.3 Å². The average molecular weight is 711 g/mol. The third-order valence-corrected chi connectivity index (χ3v) is 8.17. The molecule has 11 heteroatoms. The maximum atomic E-state index is 14.8. The molecule has 43 heavy (non-hydrogen) atoms. The molecule has 0 aromatic heterocycles. The lowest BCUT2D eigenvalue weighted by Gasteiger charge is -2.41. The van der Waals surface area contributed by atoms with Crippen LogP contribution in [0.2, 0.25) is 0 Å². The van der Waals surface area contributed by atoms with E-state index in [-0.39, 0.29) is 61.1 Å². The van der Waals surface area contributed by atoms with Crippen molar-refractivity contribution in [2.45, 2.75) is 76.7 Å². The van der Waals surface area contributed by atoms with Gasteiger partial charge in [-0.1, -0.05) is 50.8 Å². The summed E-state index contributed by atoms with van der Waals surface area (Å²) in [6, 6.07) is 8.33. The van der Waals surface area contributed by atoms with Gasteiger partial charge in [-0.05, 0) is 53.3 Å². The zero-order valence-corrected chi connectivity index (χ0v) is 26.7. The van der Waals surface area contributed by atoms with Gasteiger partial charge in [-0.15, -0.1) is 0 Å². The summed E-state index contributed by atoms with van der Waals surface area (Å²) >= 11 is 1.99. The fraction of sp³-hybridized carbons (Fsp3) is 0.469. The standard InChI is InChI=1S/C32H40FIN2O7/c1-3-4-5-6-7-12-29(39)36(19-22-10-8-9-11-24(22)33)26-17-23(32(41)35-13-14-37)18-27(30(26)40)43-31-25(34)15-21(20-38)16-28(31)42-2/h8-11,15-16,18,20,26-27,30,37,40H,3-7,12-14,17,19H2,1-2H3,(H,35,41)/t26-,27+,30+/m1/s1. The van der Waals surface area contributed by atoms with Crippen LogP contribution in [0.1, 0.15) is 67.8 Å². The lowest BCUT2D eigenvalue weighted by Crippen LogP contribution is -2.54. The zero-order valence-electron chi connectivity index (χ0n) is 24.6. The molecule has 0 unspecified atom stereocenters. The Morgan fingerprint density at radius 2 is 1.93 bits per heavy atom. The molecule has 1 aliphatic carbocycles. The topological polar surface area (TPSA) is 125 Å². The molecule has 0 radical (unpaired) electrons. The minimum Gasteiger partial charge on any atom is -0.493 e. The largest absolute Gasteiger partial charge is 0.493 e. The van der Waals surface area contributed by atoms with Gasteiger partial charge in [0.15, 0.2) is 11.5 Å². The highest BCUT2D eigenvalue weighted by Crippen LogP contribution is 2.37. The fourth-order valence-electron chi connectivity index (χ4n) is 5.06. The first-order valence-corrected chi connectivity index (χ1v) is 15.6. The second-order valence-electron chi connectivity index (χ2n) is 10.4. The van der Waals surface area contributed by atoms with Crippen LogP contribution in [-0.2, 0) is 16.1 Å². The van der Waals surface area contributed by atoms with Crippen molar-refractivity contribution in [3.05, 3.63) is 68.6 Å². The Hall–Kier alpha value is -3.03. The van der Waals surface area contributed by atoms with Crippen molar-refractivity contribution in [2.24, 2.45) is 0 Å². The van der Waals surface area contributed by atoms with Gasteiger partial charge in [-0.2, -0.15) is 0 Å². The molecule has 3 rings (SSSR count). The molecular formula is C32H40FIN2O7. The number of halogens is 2. The normalized spacial score (nSPS) is 18.0. The fourth-order valence-corrected chi connectivity index (χ4v) is 5.81. The number of aliphatic hydroxyl groups excluding tert-OH is 2. The van der Waals surface area contributed by atoms with E-state index in [9.17, 15) is 29.0 Å². The van der Waals surface area contributed by atoms with Crippen LogP contribution in [0.25, 0.3) is 0 Å². The van der Waals surface area contributed by atoms with Crippen LogP contribution in [0.3, 0.4) is 0 Å². The number of nitrogens with zero attached hydrogens (tertiary/aromatic N) is 1. The number of aliphatic hydroxyl groups is 2. The molecular weight excluding hydrogens is 670 g/mol. The van der Waals surface area contributed by atoms with E-state index in [1.54, 1.807) is 24.3 Å². The lowest BCUT2D eigenvalue weighted by atomic mass is 9.87. The molecule has 3 N–H and O–H groups in total. The maximum absolute atomic E-state index is 14.8. The van der Waals surface area contributed by atoms with Gasteiger partial charge in [0, 0.05) is 42.6 Å². The number of hydrogen-bond acceptors (Lipinski definition) is 7. The molecule has 1 aliphatic rings. The number of amides is 2. The predicted octanol–water partition coefficient (Wildman–Crippen LogP) is 4.56. The van der Waals surface area contributed by atoms with E-state index >= 15 is 0 Å². The Morgan fingerprint density at radius 3 is 2.60 bits per heavy atom. The van der Waals surface area contributed by atoms with Crippen molar-refractivity contribution in [1.29, 1.82) is 0 Å². The summed E-state index contributed by atoms with van der Waals surface area (Å²) < 4.78 is 27.0. The molecule has 0 aliphatic heterocycles. The van der Waals surface area contributed by atoms with Crippen LogP contribution in [-0.4, -0.2) is 71.7 Å². The smallest absolute Gasteiger partial charge is 0.247 e. The number of hydrogen-bond donors (Lipinski definition) is 3. The minimum absolute atomic E-state index is 0.00732. The van der Waals surface area contributed by atoms with E-state index in [2.05, 4.69) is 12.2 Å². The molecule has 0 saturated heterocycles. The first-order chi connectivity index (χ1) is 20.7. The van der Waals surface area contributed by atoms with Crippen LogP contribution in [0, 0.1) is 9.39 Å². The number of carbonyl (C=O) groups is 3. The van der Waals surface area contributed by atoms with Crippen molar-refractivity contribution in [1.82, 2.24) is 10.2 Å². The Morgan fingerprint density at radius 1 is 1.19 bits per heavy atom. The highest BCUT2D eigenvalue weighted by molar-refractivity contribution is 14.1. The highest BCUT2D eigenvalue weighted by atomic mass is 127. The van der Waals surface area contributed by atoms with Crippen LogP contribution in [0.15, 0.2) is 48.0 Å². The molecule has 3 atom stereocenters. The monoisotopic (exact) mass is 710 g/mol. The first kappa shape index (κ1) is 34.5. The zero-order chi connectivity index (χ0) is 31.4. The summed E-state index contributed by atoms with van der Waals surface area (Å²) in [7, 11) is 1.42. The molecule has 0 heterocycles. The summed E-state index contributed by atoms with van der Waals surface area (Å²) in [5.41, 5.74) is 0.908. The molecule has 2 aromatic rings. The van der Waals surface area contributed by atoms with E-state index in [4.69, 9.17) is 9.47 Å². The van der Waals surface area contributed by atoms with E-state index in [1.807, 2.05) is 22.6 Å². The minimum atomic E-state index is -1.29. The summed E-state index contributed by atoms with van der Waals surface area (Å²) in [6.07, 6.45) is 4.64. The third kappa shape index (κ3) is 9.48. The maximum Gasteiger partial charge on any atom is 0.247 e. The number of benzene rings is 2. The molecule has 0 fully saturated rings. The van der Waals surface area contributed by atoms with E-state index in [0.717, 1.165) is 25.7 Å². The number of aldehydes is 1. The molecule has 2 amide bonds. The SMILES string of the molecule is CCCCCCCC(=O)N(Cc1ccccc1F)[C@@H]1CC(C(=O)NCCO)=C[C@H](Oc2c(I)cc(C=O)cc2OC)[C@H]1O. The van der Waals surface area contributed by atoms with Crippen LogP contribution in [0.5, 0.6) is 11.5 Å². The van der Waals surface area contributed by atoms with Gasteiger partial charge < -0.3 is 29.9 Å². The number of ether oxygens (including phenoxy) is 2. The summed E-state index contributed by atoms with van der Waals surface area (Å²) in [5.74, 6) is -0.702. The Kier molecular flexibility index (Phi) is 13.9. The van der Waals surface area contributed by atoms with Gasteiger partial charge >= 0.3 is 0 Å². The number of rotatable bonds is 16. The van der Waals surface area contributed by atoms with Crippen molar-refractivity contribution >= 4 is 40.7 Å². The van der Waals surface area contributed by atoms with Crippen molar-refractivity contribution in [2.75, 3.05) is 20.3 Å². The van der Waals surface area contributed by atoms with Crippen molar-refractivity contribution in [3.63, 3.8) is 0 Å². The molecule has 9 nitrogen and oxygen atoms in total. The summed E-state index contributed by atoms with van der Waals surface area (Å²) in [6.45, 7) is 1.76. The Balaban J connectivity index is 2.00. The quantitative estimate of drug-likeness (QED) is 0.133. The second kappa shape index (κ2) is 17.3. The third-order valence-electron chi connectivity index (χ3n) is 7.37. The van der Waals surface area contributed by atoms with E-state index in [0.29, 0.717) is 21.8 Å². The number of nitrogens with one attached hydrogen (secondary N) is 1. The second-order valence-corrected chi connectivity index (χ2v) is 11.6. The molecule has 2 aromatic carbocycles. The molecule has 0 bridgehead atoms. The summed E-state index contributed by atoms with van der Waals surface area (Å²) in [4.78, 5) is 39.7. The Labute approximate surface area is 265 Å². The van der Waals surface area contributed by atoms with E-state index < -0.39 is 30.0 Å². The van der Waals surface area contributed by atoms with Crippen LogP contribution < -0.4 is 14.8 Å².